The Morgan fingerprint density at radius 2 is 1.53 bits per heavy atom. The van der Waals surface area contributed by atoms with Crippen molar-refractivity contribution < 1.29 is 19.8 Å². The Hall–Kier alpha value is -3.86. The third-order valence-corrected chi connectivity index (χ3v) is 5.26. The predicted molar refractivity (Wildman–Crippen MR) is 114 cm³/mol. The van der Waals surface area contributed by atoms with Crippen LogP contribution in [0.25, 0.3) is 5.76 Å². The van der Waals surface area contributed by atoms with Gasteiger partial charge < -0.3 is 15.1 Å². The summed E-state index contributed by atoms with van der Waals surface area (Å²) in [7, 11) is 0. The summed E-state index contributed by atoms with van der Waals surface area (Å²) >= 11 is 0. The van der Waals surface area contributed by atoms with E-state index in [4.69, 9.17) is 0 Å². The van der Waals surface area contributed by atoms with Crippen LogP contribution < -0.4 is 0 Å². The lowest BCUT2D eigenvalue weighted by molar-refractivity contribution is -0.139. The third-order valence-electron chi connectivity index (χ3n) is 5.26. The molecule has 1 aliphatic rings. The van der Waals surface area contributed by atoms with Crippen molar-refractivity contribution >= 4 is 17.4 Å². The largest absolute Gasteiger partial charge is 0.508 e. The van der Waals surface area contributed by atoms with Crippen LogP contribution in [0.4, 0.5) is 0 Å². The van der Waals surface area contributed by atoms with Crippen molar-refractivity contribution in [1.82, 2.24) is 4.90 Å². The van der Waals surface area contributed by atoms with Crippen molar-refractivity contribution in [3.8, 4) is 5.75 Å². The van der Waals surface area contributed by atoms with Gasteiger partial charge in [-0.2, -0.15) is 0 Å². The molecule has 1 amide bonds. The van der Waals surface area contributed by atoms with Crippen molar-refractivity contribution in [1.29, 1.82) is 0 Å². The summed E-state index contributed by atoms with van der Waals surface area (Å²) in [6, 6.07) is 24.0. The van der Waals surface area contributed by atoms with Crippen LogP contribution in [-0.2, 0) is 16.0 Å². The maximum atomic E-state index is 12.9. The summed E-state index contributed by atoms with van der Waals surface area (Å²) in [4.78, 5) is 27.3. The normalized spacial score (nSPS) is 18.0. The second-order valence-electron chi connectivity index (χ2n) is 7.19. The number of phenols is 1. The molecule has 1 aliphatic heterocycles. The second-order valence-corrected chi connectivity index (χ2v) is 7.19. The van der Waals surface area contributed by atoms with Gasteiger partial charge in [0.05, 0.1) is 11.6 Å². The minimum atomic E-state index is -0.777. The molecule has 2 N–H and O–H groups in total. The van der Waals surface area contributed by atoms with Gasteiger partial charge in [0.15, 0.2) is 0 Å². The second kappa shape index (κ2) is 8.25. The van der Waals surface area contributed by atoms with Gasteiger partial charge in [0, 0.05) is 12.1 Å². The van der Waals surface area contributed by atoms with E-state index in [1.807, 2.05) is 36.4 Å². The number of rotatable bonds is 5. The molecule has 1 saturated heterocycles. The highest BCUT2D eigenvalue weighted by atomic mass is 16.3. The summed E-state index contributed by atoms with van der Waals surface area (Å²) in [5.41, 5.74) is 2.10. The lowest BCUT2D eigenvalue weighted by Crippen LogP contribution is -2.31. The number of ketones is 1. The van der Waals surface area contributed by atoms with Gasteiger partial charge in [0.25, 0.3) is 11.7 Å². The number of nitrogens with zero attached hydrogens (tertiary/aromatic N) is 1. The van der Waals surface area contributed by atoms with Crippen LogP contribution in [0.3, 0.4) is 0 Å². The molecule has 1 atom stereocenters. The molecule has 0 spiro atoms. The summed E-state index contributed by atoms with van der Waals surface area (Å²) in [5, 5.41) is 20.9. The van der Waals surface area contributed by atoms with Crippen LogP contribution in [0.15, 0.2) is 90.5 Å². The highest BCUT2D eigenvalue weighted by Crippen LogP contribution is 2.40. The standard InChI is InChI=1S/C25H21NO4/c27-20-13-7-12-19(16-20)22-21(23(28)18-10-5-2-6-11-18)24(29)25(30)26(22)15-14-17-8-3-1-4-9-17/h1-13,16,22,27-28H,14-15H2. The fourth-order valence-corrected chi connectivity index (χ4v) is 3.80. The Morgan fingerprint density at radius 3 is 2.20 bits per heavy atom. The monoisotopic (exact) mass is 399 g/mol. The van der Waals surface area contributed by atoms with E-state index in [0.717, 1.165) is 5.56 Å². The molecule has 150 valence electrons. The predicted octanol–water partition coefficient (Wildman–Crippen LogP) is 4.06. The van der Waals surface area contributed by atoms with Gasteiger partial charge >= 0.3 is 0 Å². The fourth-order valence-electron chi connectivity index (χ4n) is 3.80. The number of Topliss-reactive ketones (excluding diaryl/α,β-unsaturated/α-hetero) is 1. The number of hydrogen-bond donors (Lipinski definition) is 2. The van der Waals surface area contributed by atoms with Crippen molar-refractivity contribution in [3.63, 3.8) is 0 Å². The van der Waals surface area contributed by atoms with Crippen LogP contribution in [0.5, 0.6) is 5.75 Å². The van der Waals surface area contributed by atoms with Gasteiger partial charge in [-0.05, 0) is 29.7 Å². The number of likely N-dealkylation sites (tertiary alicyclic amines) is 1. The molecule has 30 heavy (non-hydrogen) atoms. The highest BCUT2D eigenvalue weighted by molar-refractivity contribution is 6.46. The average molecular weight is 399 g/mol. The van der Waals surface area contributed by atoms with Gasteiger partial charge in [-0.15, -0.1) is 0 Å². The van der Waals surface area contributed by atoms with Crippen molar-refractivity contribution in [2.24, 2.45) is 0 Å². The summed E-state index contributed by atoms with van der Waals surface area (Å²) in [5.74, 6) is -1.57. The van der Waals surface area contributed by atoms with Gasteiger partial charge in [-0.1, -0.05) is 72.8 Å². The molecule has 1 fully saturated rings. The highest BCUT2D eigenvalue weighted by Gasteiger charge is 2.45. The first-order valence-electron chi connectivity index (χ1n) is 9.73. The Kier molecular flexibility index (Phi) is 5.35. The molecule has 0 saturated carbocycles. The lowest BCUT2D eigenvalue weighted by Gasteiger charge is -2.25. The van der Waals surface area contributed by atoms with E-state index in [0.29, 0.717) is 24.1 Å². The number of hydrogen-bond acceptors (Lipinski definition) is 4. The third kappa shape index (κ3) is 3.70. The molecule has 1 heterocycles. The van der Waals surface area contributed by atoms with Crippen LogP contribution in [0.1, 0.15) is 22.7 Å². The van der Waals surface area contributed by atoms with E-state index in [1.165, 1.54) is 17.0 Å². The number of carbonyl (C=O) groups is 2. The Bertz CT molecular complexity index is 1110. The number of aliphatic hydroxyl groups is 1. The molecular formula is C25H21NO4. The van der Waals surface area contributed by atoms with E-state index >= 15 is 0 Å². The molecule has 3 aromatic carbocycles. The number of benzene rings is 3. The van der Waals surface area contributed by atoms with E-state index in [1.54, 1.807) is 36.4 Å². The molecule has 0 aliphatic carbocycles. The summed E-state index contributed by atoms with van der Waals surface area (Å²) < 4.78 is 0. The fraction of sp³-hybridized carbons (Fsp3) is 0.120. The van der Waals surface area contributed by atoms with E-state index in [2.05, 4.69) is 0 Å². The smallest absolute Gasteiger partial charge is 0.295 e. The topological polar surface area (TPSA) is 77.8 Å². The molecule has 0 bridgehead atoms. The van der Waals surface area contributed by atoms with E-state index < -0.39 is 17.7 Å². The molecule has 1 unspecified atom stereocenters. The van der Waals surface area contributed by atoms with Gasteiger partial charge in [-0.3, -0.25) is 9.59 Å². The summed E-state index contributed by atoms with van der Waals surface area (Å²) in [6.45, 7) is 0.306. The average Bonchev–Trinajstić information content (AvgIpc) is 3.03. The first-order valence-corrected chi connectivity index (χ1v) is 9.73. The number of phenolic OH excluding ortho intramolecular Hbond substituents is 1. The van der Waals surface area contributed by atoms with Gasteiger partial charge in [0.2, 0.25) is 0 Å². The first-order chi connectivity index (χ1) is 14.6. The van der Waals surface area contributed by atoms with Crippen LogP contribution in [0, 0.1) is 0 Å². The van der Waals surface area contributed by atoms with Crippen LogP contribution >= 0.6 is 0 Å². The molecule has 5 nitrogen and oxygen atoms in total. The van der Waals surface area contributed by atoms with Crippen molar-refractivity contribution in [2.75, 3.05) is 6.54 Å². The molecule has 3 aromatic rings. The number of aliphatic hydroxyl groups excluding tert-OH is 1. The zero-order valence-electron chi connectivity index (χ0n) is 16.2. The number of aromatic hydroxyl groups is 1. The number of amides is 1. The maximum Gasteiger partial charge on any atom is 0.295 e. The molecular weight excluding hydrogens is 378 g/mol. The molecule has 5 heteroatoms. The molecule has 4 rings (SSSR count). The quantitative estimate of drug-likeness (QED) is 0.385. The van der Waals surface area contributed by atoms with Gasteiger partial charge in [-0.25, -0.2) is 0 Å². The van der Waals surface area contributed by atoms with E-state index in [-0.39, 0.29) is 17.1 Å². The zero-order valence-corrected chi connectivity index (χ0v) is 16.2. The maximum absolute atomic E-state index is 12.9. The minimum absolute atomic E-state index is 0.0286. The minimum Gasteiger partial charge on any atom is -0.508 e. The lowest BCUT2D eigenvalue weighted by atomic mass is 9.95. The Morgan fingerprint density at radius 1 is 0.867 bits per heavy atom. The number of carbonyl (C=O) groups excluding carboxylic acids is 2. The van der Waals surface area contributed by atoms with E-state index in [9.17, 15) is 19.8 Å². The summed E-state index contributed by atoms with van der Waals surface area (Å²) in [6.07, 6.45) is 0.564. The van der Waals surface area contributed by atoms with Crippen LogP contribution in [0.2, 0.25) is 0 Å². The van der Waals surface area contributed by atoms with Crippen molar-refractivity contribution in [3.05, 3.63) is 107 Å². The van der Waals surface area contributed by atoms with Crippen LogP contribution in [-0.4, -0.2) is 33.3 Å². The molecule has 0 aromatic heterocycles. The van der Waals surface area contributed by atoms with Gasteiger partial charge in [0.1, 0.15) is 11.5 Å². The zero-order chi connectivity index (χ0) is 21.1. The molecule has 0 radical (unpaired) electrons. The SMILES string of the molecule is O=C1C(=O)N(CCc2ccccc2)C(c2cccc(O)c2)C1=C(O)c1ccccc1. The first kappa shape index (κ1) is 19.5. The Balaban J connectivity index is 1.79. The Labute approximate surface area is 174 Å². The van der Waals surface area contributed by atoms with Crippen molar-refractivity contribution in [2.45, 2.75) is 12.5 Å².